The summed E-state index contributed by atoms with van der Waals surface area (Å²) in [6.45, 7) is 2.14. The number of aryl methyl sites for hydroxylation is 1. The molecule has 0 saturated heterocycles. The van der Waals surface area contributed by atoms with Crippen molar-refractivity contribution in [3.05, 3.63) is 83.6 Å². The maximum atomic E-state index is 12.9. The Balaban J connectivity index is 1.69. The summed E-state index contributed by atoms with van der Waals surface area (Å²) < 4.78 is 38.6. The molecule has 1 N–H and O–H groups in total. The molecule has 0 atom stereocenters. The molecule has 0 fully saturated rings. The number of amides is 1. The van der Waals surface area contributed by atoms with Crippen molar-refractivity contribution >= 4 is 11.6 Å². The Bertz CT molecular complexity index is 965. The predicted molar refractivity (Wildman–Crippen MR) is 108 cm³/mol. The first kappa shape index (κ1) is 20.6. The van der Waals surface area contributed by atoms with Gasteiger partial charge in [0.05, 0.1) is 11.3 Å². The number of pyridine rings is 1. The summed E-state index contributed by atoms with van der Waals surface area (Å²) in [7, 11) is 0. The van der Waals surface area contributed by atoms with E-state index in [9.17, 15) is 18.0 Å². The third-order valence-electron chi connectivity index (χ3n) is 4.56. The van der Waals surface area contributed by atoms with Gasteiger partial charge < -0.3 is 5.32 Å². The molecule has 6 heteroatoms. The van der Waals surface area contributed by atoms with E-state index in [-0.39, 0.29) is 11.6 Å². The summed E-state index contributed by atoms with van der Waals surface area (Å²) in [5, 5.41) is 2.83. The summed E-state index contributed by atoms with van der Waals surface area (Å²) >= 11 is 0. The second-order valence-corrected chi connectivity index (χ2v) is 6.76. The molecule has 0 spiro atoms. The molecule has 3 nitrogen and oxygen atoms in total. The fourth-order valence-corrected chi connectivity index (χ4v) is 2.90. The Hall–Kier alpha value is -3.15. The van der Waals surface area contributed by atoms with Gasteiger partial charge in [-0.3, -0.25) is 9.78 Å². The Kier molecular flexibility index (Phi) is 6.32. The van der Waals surface area contributed by atoms with Crippen LogP contribution in [0.15, 0.2) is 66.9 Å². The van der Waals surface area contributed by atoms with E-state index in [1.807, 2.05) is 24.3 Å². The van der Waals surface area contributed by atoms with Gasteiger partial charge in [-0.15, -0.1) is 0 Å². The van der Waals surface area contributed by atoms with Crippen molar-refractivity contribution in [2.24, 2.45) is 0 Å². The number of carbonyl (C=O) groups excluding carboxylic acids is 1. The van der Waals surface area contributed by atoms with Crippen LogP contribution >= 0.6 is 0 Å². The molecular weight excluding hydrogens is 377 g/mol. The van der Waals surface area contributed by atoms with Crippen LogP contribution in [0, 0.1) is 0 Å². The molecule has 0 aliphatic carbocycles. The van der Waals surface area contributed by atoms with Crippen LogP contribution in [0.25, 0.3) is 11.3 Å². The highest BCUT2D eigenvalue weighted by molar-refractivity contribution is 6.04. The maximum absolute atomic E-state index is 12.9. The fourth-order valence-electron chi connectivity index (χ4n) is 2.90. The summed E-state index contributed by atoms with van der Waals surface area (Å²) in [5.41, 5.74) is 2.28. The molecule has 150 valence electrons. The van der Waals surface area contributed by atoms with E-state index in [1.54, 1.807) is 24.3 Å². The third kappa shape index (κ3) is 5.44. The molecule has 3 aromatic rings. The normalized spacial score (nSPS) is 11.3. The minimum atomic E-state index is -4.43. The van der Waals surface area contributed by atoms with Gasteiger partial charge in [0.15, 0.2) is 0 Å². The maximum Gasteiger partial charge on any atom is 0.416 e. The van der Waals surface area contributed by atoms with Gasteiger partial charge in [-0.25, -0.2) is 0 Å². The van der Waals surface area contributed by atoms with Crippen LogP contribution in [0.3, 0.4) is 0 Å². The molecular formula is C23H21F3N2O. The lowest BCUT2D eigenvalue weighted by molar-refractivity contribution is -0.137. The molecule has 29 heavy (non-hydrogen) atoms. The van der Waals surface area contributed by atoms with E-state index in [0.717, 1.165) is 37.6 Å². The number of halogens is 3. The van der Waals surface area contributed by atoms with Gasteiger partial charge >= 0.3 is 6.18 Å². The molecule has 0 unspecified atom stereocenters. The molecule has 2 aromatic carbocycles. The Labute approximate surface area is 167 Å². The summed E-state index contributed by atoms with van der Waals surface area (Å²) in [5.74, 6) is -0.283. The van der Waals surface area contributed by atoms with Crippen molar-refractivity contribution < 1.29 is 18.0 Å². The number of unbranched alkanes of at least 4 members (excludes halogenated alkanes) is 1. The monoisotopic (exact) mass is 398 g/mol. The Morgan fingerprint density at radius 3 is 2.31 bits per heavy atom. The first-order valence-corrected chi connectivity index (χ1v) is 9.41. The van der Waals surface area contributed by atoms with Gasteiger partial charge in [0, 0.05) is 23.0 Å². The standard InChI is InChI=1S/C23H21F3N2O/c1-2-3-4-16-5-11-20(12-6-16)28-22(29)18-9-7-17(8-10-18)21-15-19(13-14-27-21)23(24,25)26/h5-15H,2-4H2,1H3,(H,28,29). The van der Waals surface area contributed by atoms with Crippen LogP contribution in [0.1, 0.15) is 41.3 Å². The first-order valence-electron chi connectivity index (χ1n) is 9.41. The molecule has 0 bridgehead atoms. The van der Waals surface area contributed by atoms with Gasteiger partial charge in [0.25, 0.3) is 5.91 Å². The molecule has 0 aliphatic heterocycles. The average Bonchev–Trinajstić information content (AvgIpc) is 2.73. The van der Waals surface area contributed by atoms with E-state index in [2.05, 4.69) is 17.2 Å². The number of rotatable bonds is 6. The molecule has 0 radical (unpaired) electrons. The summed E-state index contributed by atoms with van der Waals surface area (Å²) in [6, 6.07) is 16.0. The summed E-state index contributed by atoms with van der Waals surface area (Å²) in [6.07, 6.45) is -0.0361. The molecule has 1 amide bonds. The second kappa shape index (κ2) is 8.90. The van der Waals surface area contributed by atoms with Gasteiger partial charge in [0.2, 0.25) is 0 Å². The second-order valence-electron chi connectivity index (χ2n) is 6.76. The number of benzene rings is 2. The SMILES string of the molecule is CCCCc1ccc(NC(=O)c2ccc(-c3cc(C(F)(F)F)ccn3)cc2)cc1. The van der Waals surface area contributed by atoms with Gasteiger partial charge in [-0.2, -0.15) is 13.2 Å². The van der Waals surface area contributed by atoms with E-state index in [4.69, 9.17) is 0 Å². The zero-order chi connectivity index (χ0) is 20.9. The number of carbonyl (C=O) groups is 1. The number of nitrogens with zero attached hydrogens (tertiary/aromatic N) is 1. The summed E-state index contributed by atoms with van der Waals surface area (Å²) in [4.78, 5) is 16.4. The molecule has 3 rings (SSSR count). The van der Waals surface area contributed by atoms with Crippen LogP contribution in [-0.2, 0) is 12.6 Å². The van der Waals surface area contributed by atoms with E-state index >= 15 is 0 Å². The quantitative estimate of drug-likeness (QED) is 0.525. The first-order chi connectivity index (χ1) is 13.9. The number of nitrogens with one attached hydrogen (secondary N) is 1. The zero-order valence-electron chi connectivity index (χ0n) is 16.0. The van der Waals surface area contributed by atoms with Crippen LogP contribution in [0.2, 0.25) is 0 Å². The van der Waals surface area contributed by atoms with Gasteiger partial charge in [0.1, 0.15) is 0 Å². The van der Waals surface area contributed by atoms with Crippen LogP contribution in [-0.4, -0.2) is 10.9 Å². The molecule has 0 saturated carbocycles. The number of anilines is 1. The minimum Gasteiger partial charge on any atom is -0.322 e. The zero-order valence-corrected chi connectivity index (χ0v) is 16.0. The Morgan fingerprint density at radius 1 is 1.00 bits per heavy atom. The third-order valence-corrected chi connectivity index (χ3v) is 4.56. The number of hydrogen-bond donors (Lipinski definition) is 1. The average molecular weight is 398 g/mol. The highest BCUT2D eigenvalue weighted by atomic mass is 19.4. The van der Waals surface area contributed by atoms with Crippen molar-refractivity contribution in [1.29, 1.82) is 0 Å². The predicted octanol–water partition coefficient (Wildman–Crippen LogP) is 6.36. The van der Waals surface area contributed by atoms with Crippen molar-refractivity contribution in [2.45, 2.75) is 32.4 Å². The Morgan fingerprint density at radius 2 is 1.69 bits per heavy atom. The lowest BCUT2D eigenvalue weighted by atomic mass is 10.1. The van der Waals surface area contributed by atoms with E-state index in [1.165, 1.54) is 5.56 Å². The van der Waals surface area contributed by atoms with Crippen molar-refractivity contribution in [3.8, 4) is 11.3 Å². The lowest BCUT2D eigenvalue weighted by Crippen LogP contribution is -2.11. The van der Waals surface area contributed by atoms with Crippen LogP contribution in [0.4, 0.5) is 18.9 Å². The topological polar surface area (TPSA) is 42.0 Å². The van der Waals surface area contributed by atoms with Gasteiger partial charge in [-0.1, -0.05) is 37.6 Å². The molecule has 0 aliphatic rings. The number of hydrogen-bond acceptors (Lipinski definition) is 2. The number of alkyl halides is 3. The van der Waals surface area contributed by atoms with Crippen LogP contribution < -0.4 is 5.32 Å². The largest absolute Gasteiger partial charge is 0.416 e. The highest BCUT2D eigenvalue weighted by Crippen LogP contribution is 2.31. The van der Waals surface area contributed by atoms with E-state index < -0.39 is 11.7 Å². The fraction of sp³-hybridized carbons (Fsp3) is 0.217. The van der Waals surface area contributed by atoms with Crippen LogP contribution in [0.5, 0.6) is 0 Å². The number of aromatic nitrogens is 1. The molecule has 1 aromatic heterocycles. The smallest absolute Gasteiger partial charge is 0.322 e. The van der Waals surface area contributed by atoms with E-state index in [0.29, 0.717) is 16.8 Å². The lowest BCUT2D eigenvalue weighted by Gasteiger charge is -2.09. The minimum absolute atomic E-state index is 0.203. The highest BCUT2D eigenvalue weighted by Gasteiger charge is 2.30. The molecule has 1 heterocycles. The van der Waals surface area contributed by atoms with Crippen molar-refractivity contribution in [1.82, 2.24) is 4.98 Å². The van der Waals surface area contributed by atoms with Gasteiger partial charge in [-0.05, 0) is 54.8 Å². The van der Waals surface area contributed by atoms with Crippen molar-refractivity contribution in [3.63, 3.8) is 0 Å². The van der Waals surface area contributed by atoms with Crippen molar-refractivity contribution in [2.75, 3.05) is 5.32 Å².